The van der Waals surface area contributed by atoms with Crippen LogP contribution in [0, 0.1) is 0 Å². The van der Waals surface area contributed by atoms with Gasteiger partial charge in [0.1, 0.15) is 0 Å². The van der Waals surface area contributed by atoms with Crippen molar-refractivity contribution in [2.24, 2.45) is 0 Å². The minimum absolute atomic E-state index is 0.373. The quantitative estimate of drug-likeness (QED) is 0.927. The summed E-state index contributed by atoms with van der Waals surface area (Å²) in [5, 5.41) is 11.1. The molecular weight excluding hydrogens is 326 g/mol. The smallest absolute Gasteiger partial charge is 0.335 e. The van der Waals surface area contributed by atoms with E-state index < -0.39 is 5.97 Å². The lowest BCUT2D eigenvalue weighted by molar-refractivity contribution is 0.0696. The van der Waals surface area contributed by atoms with Crippen molar-refractivity contribution in [1.82, 2.24) is 4.90 Å². The SMILES string of the molecule is O=C(O)c1ccc2c(c1)CN(Cc1sccc1Br)C2. The molecule has 0 atom stereocenters. The van der Waals surface area contributed by atoms with E-state index in [4.69, 9.17) is 5.11 Å². The zero-order chi connectivity index (χ0) is 13.4. The maximum atomic E-state index is 11.0. The second kappa shape index (κ2) is 5.07. The summed E-state index contributed by atoms with van der Waals surface area (Å²) in [5.74, 6) is -0.859. The number of hydrogen-bond donors (Lipinski definition) is 1. The maximum Gasteiger partial charge on any atom is 0.335 e. The summed E-state index contributed by atoms with van der Waals surface area (Å²) < 4.78 is 1.15. The molecule has 0 radical (unpaired) electrons. The van der Waals surface area contributed by atoms with Gasteiger partial charge in [0.05, 0.1) is 5.56 Å². The standard InChI is InChI=1S/C14H12BrNO2S/c15-12-3-4-19-13(12)8-16-6-10-2-1-9(14(17)18)5-11(10)7-16/h1-5H,6-8H2,(H,17,18). The molecule has 0 unspecified atom stereocenters. The largest absolute Gasteiger partial charge is 0.478 e. The van der Waals surface area contributed by atoms with Crippen molar-refractivity contribution in [1.29, 1.82) is 0 Å². The van der Waals surface area contributed by atoms with Crippen LogP contribution in [0.15, 0.2) is 34.1 Å². The van der Waals surface area contributed by atoms with Crippen molar-refractivity contribution < 1.29 is 9.90 Å². The summed E-state index contributed by atoms with van der Waals surface area (Å²) in [6.07, 6.45) is 0. The fraction of sp³-hybridized carbons (Fsp3) is 0.214. The number of carbonyl (C=O) groups is 1. The van der Waals surface area contributed by atoms with Crippen LogP contribution >= 0.6 is 27.3 Å². The Morgan fingerprint density at radius 2 is 2.11 bits per heavy atom. The Hall–Kier alpha value is -1.17. The molecule has 3 rings (SSSR count). The van der Waals surface area contributed by atoms with Crippen LogP contribution in [0.3, 0.4) is 0 Å². The average molecular weight is 338 g/mol. The maximum absolute atomic E-state index is 11.0. The lowest BCUT2D eigenvalue weighted by atomic mass is 10.1. The first-order chi connectivity index (χ1) is 9.13. The van der Waals surface area contributed by atoms with Crippen LogP contribution in [0.1, 0.15) is 26.4 Å². The first-order valence-electron chi connectivity index (χ1n) is 5.93. The summed E-state index contributed by atoms with van der Waals surface area (Å²) in [4.78, 5) is 14.6. The molecule has 0 bridgehead atoms. The van der Waals surface area contributed by atoms with E-state index in [2.05, 4.69) is 32.3 Å². The highest BCUT2D eigenvalue weighted by Crippen LogP contribution is 2.29. The lowest BCUT2D eigenvalue weighted by Crippen LogP contribution is -2.14. The van der Waals surface area contributed by atoms with Crippen LogP contribution in [0.4, 0.5) is 0 Å². The molecule has 0 amide bonds. The number of carboxylic acid groups (broad SMARTS) is 1. The Morgan fingerprint density at radius 1 is 1.32 bits per heavy atom. The number of rotatable bonds is 3. The van der Waals surface area contributed by atoms with Crippen LogP contribution in [-0.2, 0) is 19.6 Å². The van der Waals surface area contributed by atoms with E-state index >= 15 is 0 Å². The van der Waals surface area contributed by atoms with Gasteiger partial charge in [0, 0.05) is 29.0 Å². The van der Waals surface area contributed by atoms with E-state index in [0.717, 1.165) is 29.7 Å². The van der Waals surface area contributed by atoms with Crippen LogP contribution in [0.25, 0.3) is 0 Å². The summed E-state index contributed by atoms with van der Waals surface area (Å²) in [7, 11) is 0. The fourth-order valence-corrected chi connectivity index (χ4v) is 3.87. The minimum Gasteiger partial charge on any atom is -0.478 e. The molecule has 3 nitrogen and oxygen atoms in total. The van der Waals surface area contributed by atoms with Crippen LogP contribution < -0.4 is 0 Å². The highest BCUT2D eigenvalue weighted by Gasteiger charge is 2.21. The van der Waals surface area contributed by atoms with E-state index in [1.807, 2.05) is 6.07 Å². The van der Waals surface area contributed by atoms with Crippen LogP contribution in [0.2, 0.25) is 0 Å². The fourth-order valence-electron chi connectivity index (χ4n) is 2.35. The van der Waals surface area contributed by atoms with Crippen molar-refractivity contribution in [2.45, 2.75) is 19.6 Å². The number of halogens is 1. The number of fused-ring (bicyclic) bond motifs is 1. The number of nitrogens with zero attached hydrogens (tertiary/aromatic N) is 1. The van der Waals surface area contributed by atoms with Gasteiger partial charge in [0.15, 0.2) is 0 Å². The molecule has 2 aromatic rings. The van der Waals surface area contributed by atoms with Gasteiger partial charge in [-0.25, -0.2) is 4.79 Å². The van der Waals surface area contributed by atoms with Gasteiger partial charge >= 0.3 is 5.97 Å². The van der Waals surface area contributed by atoms with E-state index in [-0.39, 0.29) is 0 Å². The Balaban J connectivity index is 1.77. The van der Waals surface area contributed by atoms with Gasteiger partial charge in [-0.1, -0.05) is 6.07 Å². The zero-order valence-corrected chi connectivity index (χ0v) is 12.5. The normalized spacial score (nSPS) is 14.6. The Kier molecular flexibility index (Phi) is 3.43. The summed E-state index contributed by atoms with van der Waals surface area (Å²) in [6.45, 7) is 2.61. The molecule has 0 fully saturated rings. The third kappa shape index (κ3) is 2.59. The number of carboxylic acids is 1. The van der Waals surface area contributed by atoms with Gasteiger partial charge in [-0.3, -0.25) is 4.90 Å². The first-order valence-corrected chi connectivity index (χ1v) is 7.60. The number of benzene rings is 1. The molecule has 0 saturated carbocycles. The van der Waals surface area contributed by atoms with Crippen molar-refractivity contribution >= 4 is 33.2 Å². The molecule has 0 saturated heterocycles. The van der Waals surface area contributed by atoms with Crippen molar-refractivity contribution in [2.75, 3.05) is 0 Å². The van der Waals surface area contributed by atoms with Gasteiger partial charge in [-0.05, 0) is 50.6 Å². The monoisotopic (exact) mass is 337 g/mol. The van der Waals surface area contributed by atoms with E-state index in [1.165, 1.54) is 10.4 Å². The van der Waals surface area contributed by atoms with E-state index in [0.29, 0.717) is 5.56 Å². The molecular formula is C14H12BrNO2S. The van der Waals surface area contributed by atoms with Gasteiger partial charge in [0.25, 0.3) is 0 Å². The first kappa shape index (κ1) is 12.8. The molecule has 1 N–H and O–H groups in total. The lowest BCUT2D eigenvalue weighted by Gasteiger charge is -2.13. The van der Waals surface area contributed by atoms with Crippen LogP contribution in [0.5, 0.6) is 0 Å². The molecule has 0 aliphatic carbocycles. The molecule has 1 aromatic carbocycles. The minimum atomic E-state index is -0.859. The molecule has 1 aliphatic rings. The van der Waals surface area contributed by atoms with Crippen LogP contribution in [-0.4, -0.2) is 16.0 Å². The molecule has 5 heteroatoms. The molecule has 19 heavy (non-hydrogen) atoms. The third-order valence-corrected chi connectivity index (χ3v) is 5.21. The van der Waals surface area contributed by atoms with Crippen molar-refractivity contribution in [3.05, 3.63) is 55.7 Å². The zero-order valence-electron chi connectivity index (χ0n) is 10.1. The highest BCUT2D eigenvalue weighted by atomic mass is 79.9. The Bertz CT molecular complexity index is 638. The number of hydrogen-bond acceptors (Lipinski definition) is 3. The van der Waals surface area contributed by atoms with E-state index in [1.54, 1.807) is 23.5 Å². The summed E-state index contributed by atoms with van der Waals surface area (Å²) >= 11 is 5.29. The van der Waals surface area contributed by atoms with Gasteiger partial charge < -0.3 is 5.11 Å². The average Bonchev–Trinajstić information content (AvgIpc) is 2.95. The molecule has 0 spiro atoms. The third-order valence-electron chi connectivity index (χ3n) is 3.30. The van der Waals surface area contributed by atoms with Gasteiger partial charge in [-0.2, -0.15) is 0 Å². The van der Waals surface area contributed by atoms with Gasteiger partial charge in [0.2, 0.25) is 0 Å². The predicted molar refractivity (Wildman–Crippen MR) is 78.4 cm³/mol. The molecule has 2 heterocycles. The number of aromatic carboxylic acids is 1. The van der Waals surface area contributed by atoms with Crippen molar-refractivity contribution in [3.63, 3.8) is 0 Å². The summed E-state index contributed by atoms with van der Waals surface area (Å²) in [6, 6.07) is 7.47. The molecule has 1 aromatic heterocycles. The second-order valence-electron chi connectivity index (χ2n) is 4.63. The Morgan fingerprint density at radius 3 is 2.79 bits per heavy atom. The number of thiophene rings is 1. The predicted octanol–water partition coefficient (Wildman–Crippen LogP) is 3.72. The van der Waals surface area contributed by atoms with Crippen molar-refractivity contribution in [3.8, 4) is 0 Å². The van der Waals surface area contributed by atoms with E-state index in [9.17, 15) is 4.79 Å². The molecule has 1 aliphatic heterocycles. The van der Waals surface area contributed by atoms with Gasteiger partial charge in [-0.15, -0.1) is 11.3 Å². The Labute approximate surface area is 123 Å². The highest BCUT2D eigenvalue weighted by molar-refractivity contribution is 9.10. The topological polar surface area (TPSA) is 40.5 Å². The summed E-state index contributed by atoms with van der Waals surface area (Å²) in [5.41, 5.74) is 2.74. The second-order valence-corrected chi connectivity index (χ2v) is 6.48. The molecule has 98 valence electrons.